The van der Waals surface area contributed by atoms with Crippen LogP contribution in [0.2, 0.25) is 0 Å². The van der Waals surface area contributed by atoms with Gasteiger partial charge in [0.1, 0.15) is 6.29 Å². The van der Waals surface area contributed by atoms with E-state index in [1.54, 1.807) is 0 Å². The molecule has 2 heteroatoms. The lowest BCUT2D eigenvalue weighted by atomic mass is 10.2. The Labute approximate surface area is 70.3 Å². The highest BCUT2D eigenvalue weighted by molar-refractivity contribution is 6.49. The van der Waals surface area contributed by atoms with E-state index in [0.717, 1.165) is 5.56 Å². The maximum absolute atomic E-state index is 10.0. The van der Waals surface area contributed by atoms with Crippen LogP contribution in [0, 0.1) is 0 Å². The topological polar surface area (TPSA) is 17.1 Å². The van der Waals surface area contributed by atoms with E-state index in [1.807, 2.05) is 30.3 Å². The van der Waals surface area contributed by atoms with Crippen LogP contribution in [-0.2, 0) is 4.79 Å². The Hall–Kier alpha value is -1.08. The predicted octanol–water partition coefficient (Wildman–Crippen LogP) is 2.47. The summed E-state index contributed by atoms with van der Waals surface area (Å²) in [6, 6.07) is 9.34. The van der Waals surface area contributed by atoms with E-state index < -0.39 is 0 Å². The fourth-order valence-corrected chi connectivity index (χ4v) is 0.931. The van der Waals surface area contributed by atoms with Crippen molar-refractivity contribution in [2.24, 2.45) is 0 Å². The molecule has 0 N–H and O–H groups in total. The van der Waals surface area contributed by atoms with Gasteiger partial charge >= 0.3 is 0 Å². The summed E-state index contributed by atoms with van der Waals surface area (Å²) in [5, 5.41) is 0.473. The normalized spacial score (nSPS) is 11.2. The standard InChI is InChI=1S/C9H7ClO/c10-9(6-7-11)8-4-2-1-3-5-8/h1-7H. The van der Waals surface area contributed by atoms with Gasteiger partial charge in [-0.1, -0.05) is 41.9 Å². The maximum atomic E-state index is 10.0. The van der Waals surface area contributed by atoms with Gasteiger partial charge in [-0.05, 0) is 11.6 Å². The van der Waals surface area contributed by atoms with Crippen molar-refractivity contribution >= 4 is 22.9 Å². The van der Waals surface area contributed by atoms with Crippen LogP contribution < -0.4 is 0 Å². The molecule has 1 nitrogen and oxygen atoms in total. The van der Waals surface area contributed by atoms with Crippen LogP contribution in [0.1, 0.15) is 5.56 Å². The van der Waals surface area contributed by atoms with Crippen molar-refractivity contribution in [1.82, 2.24) is 0 Å². The quantitative estimate of drug-likeness (QED) is 0.487. The average Bonchev–Trinajstić information content (AvgIpc) is 2.07. The number of carbonyl (C=O) groups is 1. The van der Waals surface area contributed by atoms with Crippen molar-refractivity contribution in [3.05, 3.63) is 42.0 Å². The Balaban J connectivity index is 2.94. The molecule has 1 aromatic rings. The molecule has 0 unspecified atom stereocenters. The minimum atomic E-state index is 0.473. The Kier molecular flexibility index (Phi) is 2.87. The van der Waals surface area contributed by atoms with Crippen LogP contribution in [-0.4, -0.2) is 6.29 Å². The average molecular weight is 167 g/mol. The molecular formula is C9H7ClO. The van der Waals surface area contributed by atoms with Crippen molar-refractivity contribution in [2.75, 3.05) is 0 Å². The van der Waals surface area contributed by atoms with Crippen LogP contribution >= 0.6 is 11.6 Å². The molecule has 0 atom stereocenters. The molecule has 1 rings (SSSR count). The zero-order chi connectivity index (χ0) is 8.10. The molecule has 0 aliphatic heterocycles. The number of rotatable bonds is 2. The van der Waals surface area contributed by atoms with E-state index in [2.05, 4.69) is 0 Å². The van der Waals surface area contributed by atoms with Gasteiger partial charge in [0, 0.05) is 0 Å². The molecule has 1 aromatic carbocycles. The number of hydrogen-bond acceptors (Lipinski definition) is 1. The molecule has 0 fully saturated rings. The van der Waals surface area contributed by atoms with Crippen LogP contribution in [0.4, 0.5) is 0 Å². The second-order valence-corrected chi connectivity index (χ2v) is 2.42. The first-order chi connectivity index (χ1) is 5.34. The number of allylic oxidation sites excluding steroid dienone is 1. The summed E-state index contributed by atoms with van der Waals surface area (Å²) in [7, 11) is 0. The third kappa shape index (κ3) is 2.20. The lowest BCUT2D eigenvalue weighted by Crippen LogP contribution is -1.75. The molecule has 0 aliphatic rings. The van der Waals surface area contributed by atoms with Crippen molar-refractivity contribution in [1.29, 1.82) is 0 Å². The molecule has 0 aromatic heterocycles. The summed E-state index contributed by atoms with van der Waals surface area (Å²) in [6.07, 6.45) is 2.01. The molecule has 0 radical (unpaired) electrons. The highest BCUT2D eigenvalue weighted by Gasteiger charge is 1.93. The minimum absolute atomic E-state index is 0.473. The maximum Gasteiger partial charge on any atom is 0.144 e. The number of aldehydes is 1. The van der Waals surface area contributed by atoms with Gasteiger partial charge in [-0.2, -0.15) is 0 Å². The van der Waals surface area contributed by atoms with Crippen LogP contribution in [0.5, 0.6) is 0 Å². The monoisotopic (exact) mass is 166 g/mol. The predicted molar refractivity (Wildman–Crippen MR) is 46.3 cm³/mol. The Morgan fingerprint density at radius 3 is 2.45 bits per heavy atom. The van der Waals surface area contributed by atoms with E-state index in [0.29, 0.717) is 11.3 Å². The summed E-state index contributed by atoms with van der Waals surface area (Å²) in [5.41, 5.74) is 0.862. The van der Waals surface area contributed by atoms with Crippen molar-refractivity contribution in [2.45, 2.75) is 0 Å². The first kappa shape index (κ1) is 8.02. The third-order valence-electron chi connectivity index (χ3n) is 1.26. The van der Waals surface area contributed by atoms with Crippen molar-refractivity contribution in [3.8, 4) is 0 Å². The van der Waals surface area contributed by atoms with E-state index in [-0.39, 0.29) is 0 Å². The summed E-state index contributed by atoms with van der Waals surface area (Å²) in [6.45, 7) is 0. The van der Waals surface area contributed by atoms with Crippen LogP contribution in [0.15, 0.2) is 36.4 Å². The molecule has 0 saturated heterocycles. The number of carbonyl (C=O) groups excluding carboxylic acids is 1. The molecule has 0 heterocycles. The Bertz CT molecular complexity index is 264. The number of hydrogen-bond donors (Lipinski definition) is 0. The number of halogens is 1. The second kappa shape index (κ2) is 3.94. The van der Waals surface area contributed by atoms with E-state index in [4.69, 9.17) is 11.6 Å². The lowest BCUT2D eigenvalue weighted by Gasteiger charge is -1.94. The van der Waals surface area contributed by atoms with Crippen molar-refractivity contribution in [3.63, 3.8) is 0 Å². The zero-order valence-electron chi connectivity index (χ0n) is 5.83. The molecule has 0 amide bonds. The molecular weight excluding hydrogens is 160 g/mol. The molecule has 0 saturated carbocycles. The summed E-state index contributed by atoms with van der Waals surface area (Å²) < 4.78 is 0. The molecule has 0 bridgehead atoms. The van der Waals surface area contributed by atoms with E-state index in [1.165, 1.54) is 6.08 Å². The minimum Gasteiger partial charge on any atom is -0.299 e. The SMILES string of the molecule is O=CC=C(Cl)c1ccccc1. The second-order valence-electron chi connectivity index (χ2n) is 2.02. The smallest absolute Gasteiger partial charge is 0.144 e. The van der Waals surface area contributed by atoms with Gasteiger partial charge in [0.15, 0.2) is 0 Å². The van der Waals surface area contributed by atoms with Gasteiger partial charge in [-0.15, -0.1) is 0 Å². The summed E-state index contributed by atoms with van der Waals surface area (Å²) in [4.78, 5) is 10.0. The van der Waals surface area contributed by atoms with Crippen LogP contribution in [0.3, 0.4) is 0 Å². The first-order valence-corrected chi connectivity index (χ1v) is 3.59. The van der Waals surface area contributed by atoms with Crippen molar-refractivity contribution < 1.29 is 4.79 Å². The summed E-state index contributed by atoms with van der Waals surface area (Å²) >= 11 is 5.74. The summed E-state index contributed by atoms with van der Waals surface area (Å²) in [5.74, 6) is 0. The van der Waals surface area contributed by atoms with E-state index in [9.17, 15) is 4.79 Å². The highest BCUT2D eigenvalue weighted by atomic mass is 35.5. The van der Waals surface area contributed by atoms with Gasteiger partial charge < -0.3 is 0 Å². The molecule has 0 spiro atoms. The number of benzene rings is 1. The third-order valence-corrected chi connectivity index (χ3v) is 1.61. The van der Waals surface area contributed by atoms with Gasteiger partial charge in [0.25, 0.3) is 0 Å². The zero-order valence-corrected chi connectivity index (χ0v) is 6.58. The lowest BCUT2D eigenvalue weighted by molar-refractivity contribution is -0.104. The molecule has 11 heavy (non-hydrogen) atoms. The fraction of sp³-hybridized carbons (Fsp3) is 0. The first-order valence-electron chi connectivity index (χ1n) is 3.21. The van der Waals surface area contributed by atoms with Gasteiger partial charge in [-0.25, -0.2) is 0 Å². The molecule has 0 aliphatic carbocycles. The van der Waals surface area contributed by atoms with Crippen LogP contribution in [0.25, 0.3) is 5.03 Å². The van der Waals surface area contributed by atoms with Gasteiger partial charge in [-0.3, -0.25) is 4.79 Å². The van der Waals surface area contributed by atoms with Gasteiger partial charge in [0.2, 0.25) is 0 Å². The Morgan fingerprint density at radius 2 is 1.91 bits per heavy atom. The highest BCUT2D eigenvalue weighted by Crippen LogP contribution is 2.16. The molecule has 56 valence electrons. The largest absolute Gasteiger partial charge is 0.299 e. The Morgan fingerprint density at radius 1 is 1.27 bits per heavy atom. The van der Waals surface area contributed by atoms with E-state index >= 15 is 0 Å². The van der Waals surface area contributed by atoms with Gasteiger partial charge in [0.05, 0.1) is 5.03 Å². The fourth-order valence-electron chi connectivity index (χ4n) is 0.753.